The summed E-state index contributed by atoms with van der Waals surface area (Å²) in [5.41, 5.74) is 6.08. The van der Waals surface area contributed by atoms with E-state index in [-0.39, 0.29) is 0 Å². The zero-order valence-corrected chi connectivity index (χ0v) is 11.7. The van der Waals surface area contributed by atoms with Gasteiger partial charge in [0.15, 0.2) is 0 Å². The van der Waals surface area contributed by atoms with Crippen LogP contribution in [-0.2, 0) is 0 Å². The Kier molecular flexibility index (Phi) is 4.87. The Labute approximate surface area is 107 Å². The zero-order valence-electron chi connectivity index (χ0n) is 11.7. The topological polar surface area (TPSA) is 29.3 Å². The zero-order chi connectivity index (χ0) is 12.3. The van der Waals surface area contributed by atoms with Crippen LogP contribution in [0.25, 0.3) is 0 Å². The molecule has 2 rings (SSSR count). The second kappa shape index (κ2) is 6.19. The van der Waals surface area contributed by atoms with Gasteiger partial charge in [-0.3, -0.25) is 4.90 Å². The molecule has 0 aromatic carbocycles. The summed E-state index contributed by atoms with van der Waals surface area (Å²) in [6, 6.07) is 0.656. The van der Waals surface area contributed by atoms with Crippen LogP contribution >= 0.6 is 0 Å². The van der Waals surface area contributed by atoms with E-state index in [9.17, 15) is 0 Å². The summed E-state index contributed by atoms with van der Waals surface area (Å²) in [5, 5.41) is 0. The molecule has 0 bridgehead atoms. The molecule has 2 aliphatic carbocycles. The minimum absolute atomic E-state index is 0.656. The summed E-state index contributed by atoms with van der Waals surface area (Å²) < 4.78 is 0. The highest BCUT2D eigenvalue weighted by Gasteiger charge is 2.32. The molecule has 100 valence electrons. The lowest BCUT2D eigenvalue weighted by atomic mass is 9.78. The van der Waals surface area contributed by atoms with Crippen LogP contribution in [0.3, 0.4) is 0 Å². The van der Waals surface area contributed by atoms with E-state index in [2.05, 4.69) is 18.7 Å². The third-order valence-corrected chi connectivity index (χ3v) is 4.83. The highest BCUT2D eigenvalue weighted by Crippen LogP contribution is 2.35. The van der Waals surface area contributed by atoms with Crippen molar-refractivity contribution in [1.82, 2.24) is 4.90 Å². The van der Waals surface area contributed by atoms with Crippen LogP contribution in [0.1, 0.15) is 52.4 Å². The van der Waals surface area contributed by atoms with Gasteiger partial charge in [0.25, 0.3) is 0 Å². The lowest BCUT2D eigenvalue weighted by molar-refractivity contribution is 0.108. The van der Waals surface area contributed by atoms with E-state index < -0.39 is 0 Å². The standard InChI is InChI=1S/C15H30N2/c1-3-17(11-13-7-8-13)15(10-16)14-6-4-5-12(2)9-14/h12-15H,3-11,16H2,1-2H3. The maximum atomic E-state index is 6.08. The highest BCUT2D eigenvalue weighted by atomic mass is 15.2. The molecule has 0 saturated heterocycles. The largest absolute Gasteiger partial charge is 0.329 e. The molecule has 0 spiro atoms. The first kappa shape index (κ1) is 13.4. The molecule has 2 saturated carbocycles. The Morgan fingerprint density at radius 1 is 1.24 bits per heavy atom. The van der Waals surface area contributed by atoms with Crippen molar-refractivity contribution < 1.29 is 0 Å². The molecule has 2 nitrogen and oxygen atoms in total. The molecule has 0 aromatic heterocycles. The third-order valence-electron chi connectivity index (χ3n) is 4.83. The molecule has 2 fully saturated rings. The van der Waals surface area contributed by atoms with Gasteiger partial charge < -0.3 is 5.73 Å². The fourth-order valence-corrected chi connectivity index (χ4v) is 3.60. The number of hydrogen-bond acceptors (Lipinski definition) is 2. The fraction of sp³-hybridized carbons (Fsp3) is 1.00. The van der Waals surface area contributed by atoms with E-state index in [0.717, 1.165) is 24.3 Å². The SMILES string of the molecule is CCN(CC1CC1)C(CN)C1CCCC(C)C1. The maximum absolute atomic E-state index is 6.08. The van der Waals surface area contributed by atoms with Crippen molar-refractivity contribution in [1.29, 1.82) is 0 Å². The summed E-state index contributed by atoms with van der Waals surface area (Å²) >= 11 is 0. The monoisotopic (exact) mass is 238 g/mol. The molecule has 3 unspecified atom stereocenters. The Morgan fingerprint density at radius 3 is 2.53 bits per heavy atom. The molecular formula is C15H30N2. The highest BCUT2D eigenvalue weighted by molar-refractivity contribution is 4.87. The van der Waals surface area contributed by atoms with Gasteiger partial charge in [-0.2, -0.15) is 0 Å². The van der Waals surface area contributed by atoms with Gasteiger partial charge in [0.1, 0.15) is 0 Å². The summed E-state index contributed by atoms with van der Waals surface area (Å²) in [7, 11) is 0. The molecule has 0 heterocycles. The maximum Gasteiger partial charge on any atom is 0.0246 e. The fourth-order valence-electron chi connectivity index (χ4n) is 3.60. The Hall–Kier alpha value is -0.0800. The molecule has 17 heavy (non-hydrogen) atoms. The third kappa shape index (κ3) is 3.69. The summed E-state index contributed by atoms with van der Waals surface area (Å²) in [4.78, 5) is 2.68. The summed E-state index contributed by atoms with van der Waals surface area (Å²) in [6.45, 7) is 8.07. The van der Waals surface area contributed by atoms with Crippen LogP contribution in [0.15, 0.2) is 0 Å². The van der Waals surface area contributed by atoms with Gasteiger partial charge in [-0.25, -0.2) is 0 Å². The first-order valence-corrected chi connectivity index (χ1v) is 7.68. The van der Waals surface area contributed by atoms with Crippen molar-refractivity contribution in [2.75, 3.05) is 19.6 Å². The van der Waals surface area contributed by atoms with Crippen LogP contribution in [0.4, 0.5) is 0 Å². The van der Waals surface area contributed by atoms with Gasteiger partial charge in [-0.1, -0.05) is 26.7 Å². The molecule has 2 N–H and O–H groups in total. The van der Waals surface area contributed by atoms with Gasteiger partial charge in [0.2, 0.25) is 0 Å². The van der Waals surface area contributed by atoms with Crippen LogP contribution in [0, 0.1) is 17.8 Å². The Bertz CT molecular complexity index is 221. The number of likely N-dealkylation sites (N-methyl/N-ethyl adjacent to an activating group) is 1. The van der Waals surface area contributed by atoms with Gasteiger partial charge in [0, 0.05) is 19.1 Å². The van der Waals surface area contributed by atoms with E-state index in [1.165, 1.54) is 51.6 Å². The average Bonchev–Trinajstić information content (AvgIpc) is 3.13. The van der Waals surface area contributed by atoms with Crippen molar-refractivity contribution in [3.05, 3.63) is 0 Å². The van der Waals surface area contributed by atoms with Crippen LogP contribution in [0.5, 0.6) is 0 Å². The molecule has 3 atom stereocenters. The van der Waals surface area contributed by atoms with Crippen molar-refractivity contribution in [3.63, 3.8) is 0 Å². The van der Waals surface area contributed by atoms with Crippen molar-refractivity contribution in [3.8, 4) is 0 Å². The van der Waals surface area contributed by atoms with Crippen molar-refractivity contribution in [2.45, 2.75) is 58.4 Å². The van der Waals surface area contributed by atoms with E-state index >= 15 is 0 Å². The number of hydrogen-bond donors (Lipinski definition) is 1. The first-order chi connectivity index (χ1) is 8.24. The molecule has 2 heteroatoms. The van der Waals surface area contributed by atoms with Crippen LogP contribution < -0.4 is 5.73 Å². The number of nitrogens with zero attached hydrogens (tertiary/aromatic N) is 1. The predicted molar refractivity (Wildman–Crippen MR) is 73.9 cm³/mol. The summed E-state index contributed by atoms with van der Waals surface area (Å²) in [6.07, 6.45) is 8.58. The van der Waals surface area contributed by atoms with Crippen molar-refractivity contribution in [2.24, 2.45) is 23.5 Å². The van der Waals surface area contributed by atoms with E-state index in [4.69, 9.17) is 5.73 Å². The van der Waals surface area contributed by atoms with E-state index in [1.807, 2.05) is 0 Å². The smallest absolute Gasteiger partial charge is 0.0246 e. The van der Waals surface area contributed by atoms with Gasteiger partial charge in [-0.05, 0) is 50.0 Å². The molecule has 2 aliphatic rings. The van der Waals surface area contributed by atoms with Gasteiger partial charge in [-0.15, -0.1) is 0 Å². The normalized spacial score (nSPS) is 31.8. The molecule has 0 aliphatic heterocycles. The minimum Gasteiger partial charge on any atom is -0.329 e. The molecular weight excluding hydrogens is 208 g/mol. The van der Waals surface area contributed by atoms with Crippen molar-refractivity contribution >= 4 is 0 Å². The Balaban J connectivity index is 1.91. The van der Waals surface area contributed by atoms with E-state index in [1.54, 1.807) is 0 Å². The predicted octanol–water partition coefficient (Wildman–Crippen LogP) is 2.87. The summed E-state index contributed by atoms with van der Waals surface area (Å²) in [5.74, 6) is 2.77. The number of rotatable bonds is 6. The van der Waals surface area contributed by atoms with Gasteiger partial charge >= 0.3 is 0 Å². The lowest BCUT2D eigenvalue weighted by Crippen LogP contribution is -2.47. The molecule has 0 aromatic rings. The molecule has 0 amide bonds. The van der Waals surface area contributed by atoms with Crippen LogP contribution in [-0.4, -0.2) is 30.6 Å². The van der Waals surface area contributed by atoms with E-state index in [0.29, 0.717) is 6.04 Å². The Morgan fingerprint density at radius 2 is 2.00 bits per heavy atom. The quantitative estimate of drug-likeness (QED) is 0.771. The first-order valence-electron chi connectivity index (χ1n) is 7.68. The lowest BCUT2D eigenvalue weighted by Gasteiger charge is -2.39. The van der Waals surface area contributed by atoms with Crippen LogP contribution in [0.2, 0.25) is 0 Å². The number of nitrogens with two attached hydrogens (primary N) is 1. The second-order valence-corrected chi connectivity index (χ2v) is 6.37. The average molecular weight is 238 g/mol. The minimum atomic E-state index is 0.656. The second-order valence-electron chi connectivity index (χ2n) is 6.37. The van der Waals surface area contributed by atoms with Gasteiger partial charge in [0.05, 0.1) is 0 Å². The molecule has 0 radical (unpaired) electrons.